The topological polar surface area (TPSA) is 38.5 Å². The van der Waals surface area contributed by atoms with Gasteiger partial charge in [-0.15, -0.1) is 0 Å². The second kappa shape index (κ2) is 5.12. The molecule has 1 fully saturated rings. The standard InChI is InChI=1S/C11H21F3N2O/c1-4-8(15)9(11(12,13)14)16-5-6-17-10(2,3)7-16/h8-9H,4-7,15H2,1-3H3. The van der Waals surface area contributed by atoms with E-state index in [0.717, 1.165) is 0 Å². The summed E-state index contributed by atoms with van der Waals surface area (Å²) in [6, 6.07) is -2.46. The summed E-state index contributed by atoms with van der Waals surface area (Å²) >= 11 is 0. The zero-order valence-electron chi connectivity index (χ0n) is 10.5. The van der Waals surface area contributed by atoms with Crippen molar-refractivity contribution in [1.82, 2.24) is 4.90 Å². The smallest absolute Gasteiger partial charge is 0.373 e. The monoisotopic (exact) mass is 254 g/mol. The van der Waals surface area contributed by atoms with Crippen LogP contribution in [0.3, 0.4) is 0 Å². The van der Waals surface area contributed by atoms with Crippen molar-refractivity contribution in [2.45, 2.75) is 51.1 Å². The predicted molar refractivity (Wildman–Crippen MR) is 59.7 cm³/mol. The van der Waals surface area contributed by atoms with Gasteiger partial charge in [-0.3, -0.25) is 4.90 Å². The first kappa shape index (κ1) is 14.7. The van der Waals surface area contributed by atoms with E-state index in [0.29, 0.717) is 13.0 Å². The van der Waals surface area contributed by atoms with Gasteiger partial charge in [0, 0.05) is 19.1 Å². The molecule has 17 heavy (non-hydrogen) atoms. The second-order valence-corrected chi connectivity index (χ2v) is 5.14. The highest BCUT2D eigenvalue weighted by Crippen LogP contribution is 2.30. The van der Waals surface area contributed by atoms with Gasteiger partial charge in [0.25, 0.3) is 0 Å². The lowest BCUT2D eigenvalue weighted by Crippen LogP contribution is -2.61. The minimum atomic E-state index is -4.29. The summed E-state index contributed by atoms with van der Waals surface area (Å²) in [4.78, 5) is 1.40. The van der Waals surface area contributed by atoms with Crippen molar-refractivity contribution in [3.8, 4) is 0 Å². The molecule has 1 saturated heterocycles. The zero-order valence-corrected chi connectivity index (χ0v) is 10.5. The number of hydrogen-bond donors (Lipinski definition) is 1. The van der Waals surface area contributed by atoms with E-state index in [2.05, 4.69) is 0 Å². The fourth-order valence-electron chi connectivity index (χ4n) is 2.23. The molecule has 0 aromatic heterocycles. The van der Waals surface area contributed by atoms with Gasteiger partial charge in [0.1, 0.15) is 6.04 Å². The highest BCUT2D eigenvalue weighted by Gasteiger charge is 2.48. The van der Waals surface area contributed by atoms with Crippen molar-refractivity contribution in [3.63, 3.8) is 0 Å². The maximum absolute atomic E-state index is 13.0. The molecular weight excluding hydrogens is 233 g/mol. The van der Waals surface area contributed by atoms with Gasteiger partial charge in [0.15, 0.2) is 0 Å². The number of rotatable bonds is 3. The van der Waals surface area contributed by atoms with Gasteiger partial charge in [-0.1, -0.05) is 6.92 Å². The van der Waals surface area contributed by atoms with Crippen LogP contribution in [-0.2, 0) is 4.74 Å². The van der Waals surface area contributed by atoms with E-state index in [1.165, 1.54) is 4.90 Å². The SMILES string of the molecule is CCC(N)C(N1CCOC(C)(C)C1)C(F)(F)F. The Morgan fingerprint density at radius 1 is 1.41 bits per heavy atom. The van der Waals surface area contributed by atoms with Gasteiger partial charge in [0.05, 0.1) is 12.2 Å². The molecule has 2 N–H and O–H groups in total. The van der Waals surface area contributed by atoms with Crippen LogP contribution >= 0.6 is 0 Å². The Morgan fingerprint density at radius 2 is 2.00 bits per heavy atom. The molecular formula is C11H21F3N2O. The van der Waals surface area contributed by atoms with Crippen molar-refractivity contribution >= 4 is 0 Å². The molecule has 1 aliphatic rings. The van der Waals surface area contributed by atoms with Crippen molar-refractivity contribution in [2.24, 2.45) is 5.73 Å². The van der Waals surface area contributed by atoms with Crippen LogP contribution < -0.4 is 5.73 Å². The Morgan fingerprint density at radius 3 is 2.41 bits per heavy atom. The maximum atomic E-state index is 13.0. The normalized spacial score (nSPS) is 25.6. The molecule has 3 nitrogen and oxygen atoms in total. The van der Waals surface area contributed by atoms with Crippen LogP contribution in [0.25, 0.3) is 0 Å². The van der Waals surface area contributed by atoms with Crippen LogP contribution in [0.2, 0.25) is 0 Å². The quantitative estimate of drug-likeness (QED) is 0.834. The summed E-state index contributed by atoms with van der Waals surface area (Å²) in [6.45, 7) is 6.12. The van der Waals surface area contributed by atoms with Gasteiger partial charge in [-0.2, -0.15) is 13.2 Å². The van der Waals surface area contributed by atoms with Gasteiger partial charge in [-0.05, 0) is 20.3 Å². The zero-order chi connectivity index (χ0) is 13.3. The molecule has 0 radical (unpaired) electrons. The number of morpholine rings is 1. The van der Waals surface area contributed by atoms with E-state index in [1.807, 2.05) is 0 Å². The molecule has 6 heteroatoms. The van der Waals surface area contributed by atoms with Crippen molar-refractivity contribution in [3.05, 3.63) is 0 Å². The van der Waals surface area contributed by atoms with Gasteiger partial charge >= 0.3 is 6.18 Å². The second-order valence-electron chi connectivity index (χ2n) is 5.14. The summed E-state index contributed by atoms with van der Waals surface area (Å²) < 4.78 is 44.5. The molecule has 1 rings (SSSR count). The van der Waals surface area contributed by atoms with Crippen molar-refractivity contribution < 1.29 is 17.9 Å². The number of nitrogens with two attached hydrogens (primary N) is 1. The highest BCUT2D eigenvalue weighted by atomic mass is 19.4. The molecule has 1 aliphatic heterocycles. The van der Waals surface area contributed by atoms with Gasteiger partial charge in [0.2, 0.25) is 0 Å². The van der Waals surface area contributed by atoms with Gasteiger partial charge in [-0.25, -0.2) is 0 Å². The molecule has 2 atom stereocenters. The third-order valence-corrected chi connectivity index (χ3v) is 3.06. The summed E-state index contributed by atoms with van der Waals surface area (Å²) in [5, 5.41) is 0. The van der Waals surface area contributed by atoms with Gasteiger partial charge < -0.3 is 10.5 Å². The number of nitrogens with zero attached hydrogens (tertiary/aromatic N) is 1. The number of alkyl halides is 3. The van der Waals surface area contributed by atoms with E-state index >= 15 is 0 Å². The Hall–Kier alpha value is -0.330. The Kier molecular flexibility index (Phi) is 4.43. The average Bonchev–Trinajstić information content (AvgIpc) is 2.13. The fourth-order valence-corrected chi connectivity index (χ4v) is 2.23. The Balaban J connectivity index is 2.83. The van der Waals surface area contributed by atoms with Crippen LogP contribution in [0.15, 0.2) is 0 Å². The Bertz CT molecular complexity index is 256. The van der Waals surface area contributed by atoms with Crippen LogP contribution in [0.5, 0.6) is 0 Å². The first-order valence-corrected chi connectivity index (χ1v) is 5.87. The molecule has 0 aromatic carbocycles. The minimum absolute atomic E-state index is 0.255. The molecule has 1 heterocycles. The third-order valence-electron chi connectivity index (χ3n) is 3.06. The van der Waals surface area contributed by atoms with E-state index in [9.17, 15) is 13.2 Å². The van der Waals surface area contributed by atoms with E-state index in [-0.39, 0.29) is 13.1 Å². The molecule has 2 unspecified atom stereocenters. The molecule has 0 amide bonds. The third kappa shape index (κ3) is 3.82. The van der Waals surface area contributed by atoms with E-state index in [4.69, 9.17) is 10.5 Å². The lowest BCUT2D eigenvalue weighted by molar-refractivity contribution is -0.210. The van der Waals surface area contributed by atoms with Crippen LogP contribution in [0.4, 0.5) is 13.2 Å². The highest BCUT2D eigenvalue weighted by molar-refractivity contribution is 4.92. The number of hydrogen-bond acceptors (Lipinski definition) is 3. The average molecular weight is 254 g/mol. The summed E-state index contributed by atoms with van der Waals surface area (Å²) in [7, 11) is 0. The van der Waals surface area contributed by atoms with Crippen LogP contribution in [-0.4, -0.2) is 48.5 Å². The molecule has 0 bridgehead atoms. The first-order chi connectivity index (χ1) is 7.67. The van der Waals surface area contributed by atoms with Crippen LogP contribution in [0, 0.1) is 0 Å². The summed E-state index contributed by atoms with van der Waals surface area (Å²) in [6.07, 6.45) is -3.98. The van der Waals surface area contributed by atoms with Crippen molar-refractivity contribution in [1.29, 1.82) is 0 Å². The molecule has 0 saturated carbocycles. The number of halogens is 3. The molecule has 0 aromatic rings. The minimum Gasteiger partial charge on any atom is -0.373 e. The Labute approximate surface area is 100 Å². The van der Waals surface area contributed by atoms with Crippen LogP contribution in [0.1, 0.15) is 27.2 Å². The predicted octanol–water partition coefficient (Wildman–Crippen LogP) is 1.77. The fraction of sp³-hybridized carbons (Fsp3) is 1.00. The van der Waals surface area contributed by atoms with E-state index < -0.39 is 23.9 Å². The van der Waals surface area contributed by atoms with E-state index in [1.54, 1.807) is 20.8 Å². The summed E-state index contributed by atoms with van der Waals surface area (Å²) in [5.41, 5.74) is 5.07. The maximum Gasteiger partial charge on any atom is 0.405 e. The summed E-state index contributed by atoms with van der Waals surface area (Å²) in [5.74, 6) is 0. The first-order valence-electron chi connectivity index (χ1n) is 5.87. The van der Waals surface area contributed by atoms with Crippen molar-refractivity contribution in [2.75, 3.05) is 19.7 Å². The molecule has 0 aliphatic carbocycles. The lowest BCUT2D eigenvalue weighted by atomic mass is 10.00. The molecule has 0 spiro atoms. The number of ether oxygens (including phenoxy) is 1. The lowest BCUT2D eigenvalue weighted by Gasteiger charge is -2.44. The molecule has 102 valence electrons. The largest absolute Gasteiger partial charge is 0.405 e.